The molecule has 0 aliphatic carbocycles. The molecular weight excluding hydrogens is 719 g/mol. The Bertz CT molecular complexity index is 3630. The van der Waals surface area contributed by atoms with E-state index in [0.717, 1.165) is 76.9 Å². The van der Waals surface area contributed by atoms with Crippen LogP contribution in [0.5, 0.6) is 0 Å². The standard InChI is InChI=1S/C55H33N3O/c1-2-16-37-33-38(28-27-34(37)13-1)41-30-29-36-15-4-6-19-40(36)51(41)55-57-53(56-54(58-55)49-25-12-24-47-46-22-9-10-26-50(46)59-52(47)49)48-32-31-45(43-20-7-8-21-44(43)48)42-23-11-17-35-14-3-5-18-39(35)42/h1-33H. The molecule has 0 saturated heterocycles. The molecule has 0 aliphatic rings. The lowest BCUT2D eigenvalue weighted by atomic mass is 9.91. The van der Waals surface area contributed by atoms with E-state index >= 15 is 0 Å². The highest BCUT2D eigenvalue weighted by molar-refractivity contribution is 6.11. The Hall–Kier alpha value is -7.95. The van der Waals surface area contributed by atoms with E-state index in [2.05, 4.69) is 182 Å². The highest BCUT2D eigenvalue weighted by Gasteiger charge is 2.22. The lowest BCUT2D eigenvalue weighted by molar-refractivity contribution is 0.669. The van der Waals surface area contributed by atoms with Gasteiger partial charge >= 0.3 is 0 Å². The first-order valence-electron chi connectivity index (χ1n) is 19.9. The third-order valence-corrected chi connectivity index (χ3v) is 11.7. The van der Waals surface area contributed by atoms with Crippen molar-refractivity contribution >= 4 is 65.0 Å². The van der Waals surface area contributed by atoms with Gasteiger partial charge < -0.3 is 4.42 Å². The average Bonchev–Trinajstić information content (AvgIpc) is 3.69. The molecule has 2 aromatic heterocycles. The Morgan fingerprint density at radius 2 is 0.797 bits per heavy atom. The number of furan rings is 1. The number of hydrogen-bond acceptors (Lipinski definition) is 4. The molecule has 12 rings (SSSR count). The lowest BCUT2D eigenvalue weighted by Crippen LogP contribution is -2.02. The fourth-order valence-electron chi connectivity index (χ4n) is 8.95. The molecule has 0 saturated carbocycles. The average molecular weight is 752 g/mol. The predicted octanol–water partition coefficient (Wildman–Crippen LogP) is 14.7. The van der Waals surface area contributed by atoms with Gasteiger partial charge in [-0.05, 0) is 89.6 Å². The Morgan fingerprint density at radius 1 is 0.288 bits per heavy atom. The maximum absolute atomic E-state index is 6.60. The van der Waals surface area contributed by atoms with Crippen LogP contribution >= 0.6 is 0 Å². The summed E-state index contributed by atoms with van der Waals surface area (Å²) < 4.78 is 6.60. The summed E-state index contributed by atoms with van der Waals surface area (Å²) in [5.41, 5.74) is 8.77. The minimum absolute atomic E-state index is 0.550. The van der Waals surface area contributed by atoms with E-state index in [1.807, 2.05) is 18.2 Å². The minimum atomic E-state index is 0.550. The zero-order valence-electron chi connectivity index (χ0n) is 31.8. The molecule has 0 fully saturated rings. The van der Waals surface area contributed by atoms with Crippen molar-refractivity contribution in [3.05, 3.63) is 200 Å². The molecule has 0 aliphatic heterocycles. The number of para-hydroxylation sites is 2. The van der Waals surface area contributed by atoms with Gasteiger partial charge in [0.05, 0.1) is 5.56 Å². The van der Waals surface area contributed by atoms with E-state index in [-0.39, 0.29) is 0 Å². The summed E-state index contributed by atoms with van der Waals surface area (Å²) in [6.45, 7) is 0. The number of aromatic nitrogens is 3. The van der Waals surface area contributed by atoms with E-state index in [4.69, 9.17) is 19.4 Å². The van der Waals surface area contributed by atoms with Gasteiger partial charge in [0.15, 0.2) is 17.5 Å². The molecule has 12 aromatic rings. The van der Waals surface area contributed by atoms with Gasteiger partial charge in [-0.3, -0.25) is 0 Å². The Balaban J connectivity index is 1.16. The van der Waals surface area contributed by atoms with Gasteiger partial charge in [0.25, 0.3) is 0 Å². The third kappa shape index (κ3) is 5.42. The molecule has 59 heavy (non-hydrogen) atoms. The van der Waals surface area contributed by atoms with Crippen molar-refractivity contribution in [3.8, 4) is 56.4 Å². The maximum atomic E-state index is 6.60. The zero-order chi connectivity index (χ0) is 38.9. The van der Waals surface area contributed by atoms with E-state index in [1.165, 1.54) is 27.1 Å². The molecule has 0 unspecified atom stereocenters. The molecule has 0 amide bonds. The van der Waals surface area contributed by atoms with Gasteiger partial charge in [-0.15, -0.1) is 0 Å². The number of rotatable bonds is 5. The molecule has 0 spiro atoms. The highest BCUT2D eigenvalue weighted by atomic mass is 16.3. The second-order valence-electron chi connectivity index (χ2n) is 15.1. The van der Waals surface area contributed by atoms with Crippen molar-refractivity contribution in [2.75, 3.05) is 0 Å². The number of nitrogens with zero attached hydrogens (tertiary/aromatic N) is 3. The van der Waals surface area contributed by atoms with Crippen LogP contribution in [-0.2, 0) is 0 Å². The minimum Gasteiger partial charge on any atom is -0.455 e. The van der Waals surface area contributed by atoms with Gasteiger partial charge in [0, 0.05) is 21.9 Å². The molecule has 274 valence electrons. The van der Waals surface area contributed by atoms with E-state index in [0.29, 0.717) is 17.5 Å². The normalized spacial score (nSPS) is 11.7. The van der Waals surface area contributed by atoms with Crippen LogP contribution in [0.25, 0.3) is 121 Å². The van der Waals surface area contributed by atoms with Crippen molar-refractivity contribution in [1.29, 1.82) is 0 Å². The van der Waals surface area contributed by atoms with Gasteiger partial charge in [0.1, 0.15) is 11.2 Å². The summed E-state index contributed by atoms with van der Waals surface area (Å²) in [6.07, 6.45) is 0. The van der Waals surface area contributed by atoms with Gasteiger partial charge in [-0.2, -0.15) is 0 Å². The topological polar surface area (TPSA) is 51.8 Å². The first-order chi connectivity index (χ1) is 29.2. The number of benzene rings is 10. The molecule has 0 bridgehead atoms. The fraction of sp³-hybridized carbons (Fsp3) is 0. The molecule has 2 heterocycles. The summed E-state index contributed by atoms with van der Waals surface area (Å²) in [5, 5.41) is 11.3. The Kier molecular flexibility index (Phi) is 7.50. The summed E-state index contributed by atoms with van der Waals surface area (Å²) in [7, 11) is 0. The predicted molar refractivity (Wildman–Crippen MR) is 244 cm³/mol. The molecule has 0 N–H and O–H groups in total. The van der Waals surface area contributed by atoms with Crippen molar-refractivity contribution in [2.24, 2.45) is 0 Å². The Labute approximate surface area is 339 Å². The Morgan fingerprint density at radius 3 is 1.63 bits per heavy atom. The van der Waals surface area contributed by atoms with Crippen molar-refractivity contribution in [2.45, 2.75) is 0 Å². The summed E-state index contributed by atoms with van der Waals surface area (Å²) in [6, 6.07) is 70.5. The molecule has 4 nitrogen and oxygen atoms in total. The molecule has 0 atom stereocenters. The van der Waals surface area contributed by atoms with Crippen molar-refractivity contribution < 1.29 is 4.42 Å². The number of fused-ring (bicyclic) bond motifs is 7. The first kappa shape index (κ1) is 33.2. The van der Waals surface area contributed by atoms with Gasteiger partial charge in [-0.25, -0.2) is 15.0 Å². The quantitative estimate of drug-likeness (QED) is 0.176. The van der Waals surface area contributed by atoms with Crippen LogP contribution < -0.4 is 0 Å². The van der Waals surface area contributed by atoms with Crippen molar-refractivity contribution in [1.82, 2.24) is 15.0 Å². The molecule has 4 heteroatoms. The van der Waals surface area contributed by atoms with Crippen LogP contribution in [0.4, 0.5) is 0 Å². The second-order valence-corrected chi connectivity index (χ2v) is 15.1. The van der Waals surface area contributed by atoms with Crippen LogP contribution in [0.1, 0.15) is 0 Å². The molecule has 10 aromatic carbocycles. The van der Waals surface area contributed by atoms with Crippen molar-refractivity contribution in [3.63, 3.8) is 0 Å². The second kappa shape index (κ2) is 13.3. The summed E-state index contributed by atoms with van der Waals surface area (Å²) in [4.78, 5) is 16.2. The van der Waals surface area contributed by atoms with Crippen LogP contribution in [0, 0.1) is 0 Å². The third-order valence-electron chi connectivity index (χ3n) is 11.7. The monoisotopic (exact) mass is 751 g/mol. The number of hydrogen-bond donors (Lipinski definition) is 0. The van der Waals surface area contributed by atoms with Crippen LogP contribution in [0.15, 0.2) is 205 Å². The zero-order valence-corrected chi connectivity index (χ0v) is 31.8. The first-order valence-corrected chi connectivity index (χ1v) is 19.9. The summed E-state index contributed by atoms with van der Waals surface area (Å²) in [5.74, 6) is 1.74. The molecule has 0 radical (unpaired) electrons. The molecular formula is C55H33N3O. The summed E-state index contributed by atoms with van der Waals surface area (Å²) >= 11 is 0. The SMILES string of the molecule is c1ccc2cc(-c3ccc4ccccc4c3-c3nc(-c4ccc(-c5cccc6ccccc56)c5ccccc45)nc(-c4cccc5c4oc4ccccc45)n3)ccc2c1. The lowest BCUT2D eigenvalue weighted by Gasteiger charge is -2.16. The van der Waals surface area contributed by atoms with E-state index < -0.39 is 0 Å². The highest BCUT2D eigenvalue weighted by Crippen LogP contribution is 2.42. The van der Waals surface area contributed by atoms with E-state index in [1.54, 1.807) is 0 Å². The largest absolute Gasteiger partial charge is 0.455 e. The fourth-order valence-corrected chi connectivity index (χ4v) is 8.95. The van der Waals surface area contributed by atoms with Crippen LogP contribution in [0.3, 0.4) is 0 Å². The maximum Gasteiger partial charge on any atom is 0.167 e. The van der Waals surface area contributed by atoms with Crippen LogP contribution in [-0.4, -0.2) is 15.0 Å². The van der Waals surface area contributed by atoms with Gasteiger partial charge in [0.2, 0.25) is 0 Å². The van der Waals surface area contributed by atoms with Gasteiger partial charge in [-0.1, -0.05) is 176 Å². The smallest absolute Gasteiger partial charge is 0.167 e. The van der Waals surface area contributed by atoms with Crippen LogP contribution in [0.2, 0.25) is 0 Å². The van der Waals surface area contributed by atoms with E-state index in [9.17, 15) is 0 Å².